The molecule has 0 saturated carbocycles. The summed E-state index contributed by atoms with van der Waals surface area (Å²) in [6.45, 7) is 1.47. The smallest absolute Gasteiger partial charge is 0.216 e. The maximum atomic E-state index is 13.4. The van der Waals surface area contributed by atoms with Crippen LogP contribution in [0.2, 0.25) is 0 Å². The van der Waals surface area contributed by atoms with Crippen LogP contribution in [0.4, 0.5) is 22.0 Å². The summed E-state index contributed by atoms with van der Waals surface area (Å²) in [6.07, 6.45) is 0.481. The summed E-state index contributed by atoms with van der Waals surface area (Å²) in [5.41, 5.74) is -1.16. The summed E-state index contributed by atoms with van der Waals surface area (Å²) in [5, 5.41) is 9.53. The average molecular weight is 308 g/mol. The van der Waals surface area contributed by atoms with Gasteiger partial charge < -0.3 is 0 Å². The molecule has 0 saturated heterocycles. The van der Waals surface area contributed by atoms with Crippen LogP contribution in [0.1, 0.15) is 11.4 Å². The predicted octanol–water partition coefficient (Wildman–Crippen LogP) is 2.83. The lowest BCUT2D eigenvalue weighted by molar-refractivity contribution is 0.377. The number of nitrogens with zero attached hydrogens (tertiary/aromatic N) is 3. The molecule has 1 heterocycles. The van der Waals surface area contributed by atoms with Gasteiger partial charge in [0.2, 0.25) is 10.6 Å². The quantitative estimate of drug-likeness (QED) is 0.305. The van der Waals surface area contributed by atoms with Gasteiger partial charge in [0, 0.05) is 0 Å². The van der Waals surface area contributed by atoms with Gasteiger partial charge in [-0.1, -0.05) is 0 Å². The van der Waals surface area contributed by atoms with Crippen LogP contribution < -0.4 is 0 Å². The van der Waals surface area contributed by atoms with Gasteiger partial charge in [0.05, 0.1) is 11.8 Å². The maximum Gasteiger partial charge on any atom is 0.216 e. The molecule has 1 aromatic carbocycles. The SMILES string of the molecule is Cc1n[nH]c(=S)n1/N=C\c1c(F)c(F)c(F)c(F)c1F. The van der Waals surface area contributed by atoms with Crippen LogP contribution in [0, 0.1) is 40.8 Å². The zero-order valence-electron chi connectivity index (χ0n) is 9.72. The topological polar surface area (TPSA) is 46.0 Å². The van der Waals surface area contributed by atoms with Gasteiger partial charge in [-0.3, -0.25) is 5.10 Å². The van der Waals surface area contributed by atoms with E-state index in [-0.39, 0.29) is 10.6 Å². The van der Waals surface area contributed by atoms with Crippen molar-refractivity contribution in [3.63, 3.8) is 0 Å². The van der Waals surface area contributed by atoms with E-state index in [4.69, 9.17) is 12.2 Å². The standard InChI is InChI=1S/C10H5F5N4S/c1-3-17-18-10(20)19(3)16-2-4-5(11)7(13)9(15)8(14)6(4)12/h2H,1H3,(H,18,20)/b16-2-. The maximum absolute atomic E-state index is 13.4. The van der Waals surface area contributed by atoms with Gasteiger partial charge in [-0.15, -0.1) is 0 Å². The second-order valence-electron chi connectivity index (χ2n) is 3.62. The van der Waals surface area contributed by atoms with E-state index >= 15 is 0 Å². The molecule has 0 spiro atoms. The fraction of sp³-hybridized carbons (Fsp3) is 0.100. The van der Waals surface area contributed by atoms with Crippen LogP contribution >= 0.6 is 12.2 Å². The third-order valence-corrected chi connectivity index (χ3v) is 2.62. The average Bonchev–Trinajstić information content (AvgIpc) is 2.74. The number of hydrogen-bond donors (Lipinski definition) is 1. The molecule has 4 nitrogen and oxygen atoms in total. The molecule has 1 aromatic heterocycles. The van der Waals surface area contributed by atoms with E-state index in [1.807, 2.05) is 0 Å². The molecule has 0 unspecified atom stereocenters. The van der Waals surface area contributed by atoms with E-state index in [0.717, 1.165) is 4.68 Å². The van der Waals surface area contributed by atoms with Crippen molar-refractivity contribution in [3.05, 3.63) is 45.2 Å². The van der Waals surface area contributed by atoms with E-state index in [1.165, 1.54) is 6.92 Å². The largest absolute Gasteiger partial charge is 0.250 e. The molecule has 0 radical (unpaired) electrons. The highest BCUT2D eigenvalue weighted by Gasteiger charge is 2.24. The monoisotopic (exact) mass is 308 g/mol. The van der Waals surface area contributed by atoms with E-state index in [9.17, 15) is 22.0 Å². The molecule has 0 atom stereocenters. The molecule has 1 N–H and O–H groups in total. The first-order chi connectivity index (χ1) is 9.34. The zero-order valence-corrected chi connectivity index (χ0v) is 10.5. The minimum absolute atomic E-state index is 0.00243. The van der Waals surface area contributed by atoms with Crippen LogP contribution in [-0.4, -0.2) is 21.1 Å². The lowest BCUT2D eigenvalue weighted by Gasteiger charge is -2.03. The van der Waals surface area contributed by atoms with Crippen LogP contribution in [-0.2, 0) is 0 Å². The van der Waals surface area contributed by atoms with Gasteiger partial charge in [0.1, 0.15) is 5.82 Å². The number of hydrogen-bond acceptors (Lipinski definition) is 3. The van der Waals surface area contributed by atoms with Crippen molar-refractivity contribution in [1.82, 2.24) is 14.9 Å². The summed E-state index contributed by atoms with van der Waals surface area (Å²) in [7, 11) is 0. The molecule has 2 aromatic rings. The number of rotatable bonds is 2. The van der Waals surface area contributed by atoms with E-state index in [0.29, 0.717) is 6.21 Å². The van der Waals surface area contributed by atoms with Crippen molar-refractivity contribution >= 4 is 18.4 Å². The third-order valence-electron chi connectivity index (χ3n) is 2.36. The molecule has 0 amide bonds. The number of benzene rings is 1. The highest BCUT2D eigenvalue weighted by Crippen LogP contribution is 2.21. The summed E-state index contributed by atoms with van der Waals surface area (Å²) < 4.78 is 66.4. The fourth-order valence-corrected chi connectivity index (χ4v) is 1.58. The molecule has 10 heteroatoms. The molecular weight excluding hydrogens is 303 g/mol. The summed E-state index contributed by atoms with van der Waals surface area (Å²) >= 11 is 4.76. The Morgan fingerprint density at radius 1 is 1.05 bits per heavy atom. The molecule has 0 bridgehead atoms. The molecular formula is C10H5F5N4S. The number of H-pyrrole nitrogens is 1. The van der Waals surface area contributed by atoms with E-state index in [1.54, 1.807) is 0 Å². The van der Waals surface area contributed by atoms with Crippen LogP contribution in [0.5, 0.6) is 0 Å². The van der Waals surface area contributed by atoms with Crippen molar-refractivity contribution < 1.29 is 22.0 Å². The van der Waals surface area contributed by atoms with Crippen LogP contribution in [0.3, 0.4) is 0 Å². The number of halogens is 5. The van der Waals surface area contributed by atoms with Gasteiger partial charge in [-0.2, -0.15) is 14.9 Å². The predicted molar refractivity (Wildman–Crippen MR) is 61.4 cm³/mol. The molecule has 0 aliphatic heterocycles. The molecule has 0 aliphatic carbocycles. The Hall–Kier alpha value is -2.10. The Morgan fingerprint density at radius 2 is 1.55 bits per heavy atom. The first kappa shape index (κ1) is 14.3. The van der Waals surface area contributed by atoms with Crippen molar-refractivity contribution in [2.45, 2.75) is 6.92 Å². The second kappa shape index (κ2) is 5.12. The molecule has 0 fully saturated rings. The lowest BCUT2D eigenvalue weighted by atomic mass is 10.2. The van der Waals surface area contributed by atoms with Crippen LogP contribution in [0.25, 0.3) is 0 Å². The third kappa shape index (κ3) is 2.22. The number of aromatic nitrogens is 3. The Bertz CT molecular complexity index is 735. The van der Waals surface area contributed by atoms with Crippen molar-refractivity contribution in [2.75, 3.05) is 0 Å². The second-order valence-corrected chi connectivity index (χ2v) is 4.00. The summed E-state index contributed by atoms with van der Waals surface area (Å²) in [5.74, 6) is -10.0. The van der Waals surface area contributed by atoms with Gasteiger partial charge in [-0.25, -0.2) is 22.0 Å². The zero-order chi connectivity index (χ0) is 15.0. The Balaban J connectivity index is 2.58. The Labute approximate surface area is 113 Å². The van der Waals surface area contributed by atoms with Gasteiger partial charge in [-0.05, 0) is 19.1 Å². The van der Waals surface area contributed by atoms with E-state index < -0.39 is 34.6 Å². The minimum Gasteiger partial charge on any atom is -0.250 e. The lowest BCUT2D eigenvalue weighted by Crippen LogP contribution is -2.07. The van der Waals surface area contributed by atoms with Crippen molar-refractivity contribution in [2.24, 2.45) is 5.10 Å². The summed E-state index contributed by atoms with van der Waals surface area (Å²) in [4.78, 5) is 0. The molecule has 20 heavy (non-hydrogen) atoms. The first-order valence-electron chi connectivity index (χ1n) is 5.04. The minimum atomic E-state index is -2.23. The highest BCUT2D eigenvalue weighted by atomic mass is 32.1. The van der Waals surface area contributed by atoms with Gasteiger partial charge in [0.25, 0.3) is 0 Å². The number of aryl methyl sites for hydroxylation is 1. The molecule has 2 rings (SSSR count). The normalized spacial score (nSPS) is 11.5. The molecule has 106 valence electrons. The Morgan fingerprint density at radius 3 is 2.00 bits per heavy atom. The van der Waals surface area contributed by atoms with Gasteiger partial charge in [0.15, 0.2) is 23.3 Å². The van der Waals surface area contributed by atoms with E-state index in [2.05, 4.69) is 15.3 Å². The van der Waals surface area contributed by atoms with Crippen molar-refractivity contribution in [3.8, 4) is 0 Å². The van der Waals surface area contributed by atoms with Crippen LogP contribution in [0.15, 0.2) is 5.10 Å². The summed E-state index contributed by atoms with van der Waals surface area (Å²) in [6, 6.07) is 0. The van der Waals surface area contributed by atoms with Crippen molar-refractivity contribution in [1.29, 1.82) is 0 Å². The highest BCUT2D eigenvalue weighted by molar-refractivity contribution is 7.71. The number of aromatic amines is 1. The van der Waals surface area contributed by atoms with Gasteiger partial charge >= 0.3 is 0 Å². The first-order valence-corrected chi connectivity index (χ1v) is 5.45. The fourth-order valence-electron chi connectivity index (χ4n) is 1.36. The number of nitrogens with one attached hydrogen (secondary N) is 1. The Kier molecular flexibility index (Phi) is 3.66. The molecule has 0 aliphatic rings.